The normalized spacial score (nSPS) is 14.4. The second-order valence-corrected chi connectivity index (χ2v) is 10.3. The van der Waals surface area contributed by atoms with Crippen molar-refractivity contribution in [3.05, 3.63) is 63.4 Å². The number of halogens is 1. The molecule has 0 N–H and O–H groups in total. The van der Waals surface area contributed by atoms with Gasteiger partial charge in [0.05, 0.1) is 27.4 Å². The lowest BCUT2D eigenvalue weighted by molar-refractivity contribution is -0.192. The third kappa shape index (κ3) is 6.45. The molecule has 0 radical (unpaired) electrons. The van der Waals surface area contributed by atoms with Gasteiger partial charge in [-0.15, -0.1) is 11.3 Å². The number of benzene rings is 2. The minimum absolute atomic E-state index is 0.254. The minimum Gasteiger partial charge on any atom is -0.495 e. The van der Waals surface area contributed by atoms with Crippen LogP contribution in [-0.4, -0.2) is 65.7 Å². The first kappa shape index (κ1) is 27.4. The quantitative estimate of drug-likeness (QED) is 0.296. The van der Waals surface area contributed by atoms with Gasteiger partial charge in [-0.2, -0.15) is 0 Å². The highest BCUT2D eigenvalue weighted by atomic mass is 79.9. The van der Waals surface area contributed by atoms with Crippen molar-refractivity contribution in [3.63, 3.8) is 0 Å². The first-order chi connectivity index (χ1) is 17.9. The van der Waals surface area contributed by atoms with E-state index in [0.29, 0.717) is 11.5 Å². The first-order valence-electron chi connectivity index (χ1n) is 11.8. The van der Waals surface area contributed by atoms with Crippen LogP contribution in [0.25, 0.3) is 10.4 Å². The van der Waals surface area contributed by atoms with Crippen molar-refractivity contribution >= 4 is 38.9 Å². The van der Waals surface area contributed by atoms with Crippen LogP contribution in [-0.2, 0) is 25.7 Å². The monoisotopic (exact) mass is 590 g/mol. The standard InChI is InChI=1S/C27H31BrN2O6S/c1-29(27(31)26(34-4)18-5-7-20(8-6-18)30-11-13-35-14-12-30)36-17-21-9-10-24(37-21)19-15-22(32-2)25(28)23(16-19)33-3/h5-10,15-16,26H,11-14,17H2,1-4H3. The number of rotatable bonds is 10. The molecule has 1 unspecified atom stereocenters. The number of carbonyl (C=O) groups is 1. The van der Waals surface area contributed by atoms with Crippen molar-refractivity contribution in [2.45, 2.75) is 12.7 Å². The Hall–Kier alpha value is -2.63. The third-order valence-corrected chi connectivity index (χ3v) is 8.02. The zero-order valence-electron chi connectivity index (χ0n) is 21.4. The van der Waals surface area contributed by atoms with Crippen LogP contribution < -0.4 is 14.4 Å². The Balaban J connectivity index is 1.38. The Kier molecular flexibility index (Phi) is 9.44. The van der Waals surface area contributed by atoms with Crippen molar-refractivity contribution in [1.82, 2.24) is 5.06 Å². The summed E-state index contributed by atoms with van der Waals surface area (Å²) in [6, 6.07) is 15.8. The van der Waals surface area contributed by atoms with Gasteiger partial charge in [0.25, 0.3) is 5.91 Å². The predicted octanol–water partition coefficient (Wildman–Crippen LogP) is 5.31. The number of amides is 1. The molecule has 0 aliphatic carbocycles. The molecular formula is C27H31BrN2O6S. The SMILES string of the molecule is COc1cc(-c2ccc(CON(C)C(=O)C(OC)c3ccc(N4CCOCC4)cc3)s2)cc(OC)c1Br. The fourth-order valence-electron chi connectivity index (χ4n) is 4.07. The summed E-state index contributed by atoms with van der Waals surface area (Å²) in [6.45, 7) is 3.41. The summed E-state index contributed by atoms with van der Waals surface area (Å²) in [5.41, 5.74) is 2.85. The topological polar surface area (TPSA) is 69.7 Å². The highest BCUT2D eigenvalue weighted by Gasteiger charge is 2.25. The molecular weight excluding hydrogens is 560 g/mol. The average Bonchev–Trinajstić information content (AvgIpc) is 3.42. The lowest BCUT2D eigenvalue weighted by atomic mass is 10.1. The van der Waals surface area contributed by atoms with E-state index in [4.69, 9.17) is 23.8 Å². The van der Waals surface area contributed by atoms with Gasteiger partial charge in [0.15, 0.2) is 6.10 Å². The molecule has 1 aromatic heterocycles. The van der Waals surface area contributed by atoms with Crippen LogP contribution in [0.15, 0.2) is 53.0 Å². The smallest absolute Gasteiger partial charge is 0.279 e. The van der Waals surface area contributed by atoms with Crippen LogP contribution in [0.1, 0.15) is 16.5 Å². The maximum Gasteiger partial charge on any atom is 0.279 e. The van der Waals surface area contributed by atoms with Gasteiger partial charge in [-0.3, -0.25) is 9.63 Å². The van der Waals surface area contributed by atoms with Crippen LogP contribution in [0.5, 0.6) is 11.5 Å². The molecule has 10 heteroatoms. The Morgan fingerprint density at radius 3 is 2.30 bits per heavy atom. The summed E-state index contributed by atoms with van der Waals surface area (Å²) >= 11 is 5.08. The molecule has 4 rings (SSSR count). The van der Waals surface area contributed by atoms with Crippen molar-refractivity contribution in [2.24, 2.45) is 0 Å². The predicted molar refractivity (Wildman–Crippen MR) is 147 cm³/mol. The fraction of sp³-hybridized carbons (Fsp3) is 0.370. The van der Waals surface area contributed by atoms with Gasteiger partial charge >= 0.3 is 0 Å². The van der Waals surface area contributed by atoms with Crippen LogP contribution in [0, 0.1) is 0 Å². The van der Waals surface area contributed by atoms with Crippen molar-refractivity contribution in [3.8, 4) is 21.9 Å². The lowest BCUT2D eigenvalue weighted by Gasteiger charge is -2.29. The van der Waals surface area contributed by atoms with Crippen molar-refractivity contribution in [2.75, 3.05) is 59.6 Å². The molecule has 1 aliphatic heterocycles. The Morgan fingerprint density at radius 2 is 1.70 bits per heavy atom. The molecule has 3 aromatic rings. The van der Waals surface area contributed by atoms with E-state index in [9.17, 15) is 4.79 Å². The van der Waals surface area contributed by atoms with Gasteiger partial charge in [0.1, 0.15) is 22.6 Å². The molecule has 1 aliphatic rings. The summed E-state index contributed by atoms with van der Waals surface area (Å²) in [5, 5.41) is 1.25. The van der Waals surface area contributed by atoms with Gasteiger partial charge in [-0.05, 0) is 63.5 Å². The van der Waals surface area contributed by atoms with E-state index in [0.717, 1.165) is 57.3 Å². The number of anilines is 1. The summed E-state index contributed by atoms with van der Waals surface area (Å²) in [6.07, 6.45) is -0.759. The highest BCUT2D eigenvalue weighted by molar-refractivity contribution is 9.10. The highest BCUT2D eigenvalue weighted by Crippen LogP contribution is 2.40. The number of hydrogen-bond acceptors (Lipinski definition) is 8. The van der Waals surface area contributed by atoms with Crippen molar-refractivity contribution < 1.29 is 28.6 Å². The van der Waals surface area contributed by atoms with E-state index in [1.54, 1.807) is 32.6 Å². The van der Waals surface area contributed by atoms with Crippen LogP contribution >= 0.6 is 27.3 Å². The van der Waals surface area contributed by atoms with Crippen LogP contribution in [0.2, 0.25) is 0 Å². The maximum atomic E-state index is 13.1. The molecule has 37 heavy (non-hydrogen) atoms. The molecule has 8 nitrogen and oxygen atoms in total. The zero-order valence-corrected chi connectivity index (χ0v) is 23.8. The van der Waals surface area contributed by atoms with Gasteiger partial charge in [-0.25, -0.2) is 5.06 Å². The van der Waals surface area contributed by atoms with Crippen molar-refractivity contribution in [1.29, 1.82) is 0 Å². The van der Waals surface area contributed by atoms with Gasteiger partial charge in [0, 0.05) is 42.7 Å². The number of thiophene rings is 1. The molecule has 1 saturated heterocycles. The summed E-state index contributed by atoms with van der Waals surface area (Å²) in [7, 11) is 6.37. The number of likely N-dealkylation sites (N-methyl/N-ethyl adjacent to an activating group) is 1. The van der Waals surface area contributed by atoms with Crippen LogP contribution in [0.3, 0.4) is 0 Å². The molecule has 198 valence electrons. The van der Waals surface area contributed by atoms with E-state index in [-0.39, 0.29) is 12.5 Å². The zero-order chi connectivity index (χ0) is 26.4. The number of nitrogens with zero attached hydrogens (tertiary/aromatic N) is 2. The molecule has 0 bridgehead atoms. The Labute approximate surface area is 229 Å². The Bertz CT molecular complexity index is 1170. The van der Waals surface area contributed by atoms with E-state index < -0.39 is 6.10 Å². The molecule has 0 saturated carbocycles. The number of morpholine rings is 1. The van der Waals surface area contributed by atoms with Gasteiger partial charge in [-0.1, -0.05) is 12.1 Å². The number of methoxy groups -OCH3 is 3. The molecule has 1 fully saturated rings. The number of hydroxylamine groups is 2. The van der Waals surface area contributed by atoms with Gasteiger partial charge in [0.2, 0.25) is 0 Å². The molecule has 0 spiro atoms. The molecule has 1 amide bonds. The second kappa shape index (κ2) is 12.7. The first-order valence-corrected chi connectivity index (χ1v) is 13.4. The second-order valence-electron chi connectivity index (χ2n) is 8.38. The minimum atomic E-state index is -0.759. The largest absolute Gasteiger partial charge is 0.495 e. The van der Waals surface area contributed by atoms with E-state index >= 15 is 0 Å². The number of ether oxygens (including phenoxy) is 4. The fourth-order valence-corrected chi connectivity index (χ4v) is 5.53. The van der Waals surface area contributed by atoms with Crippen LogP contribution in [0.4, 0.5) is 5.69 Å². The lowest BCUT2D eigenvalue weighted by Crippen LogP contribution is -2.36. The Morgan fingerprint density at radius 1 is 1.05 bits per heavy atom. The van der Waals surface area contributed by atoms with E-state index in [2.05, 4.69) is 20.8 Å². The summed E-state index contributed by atoms with van der Waals surface area (Å²) < 4.78 is 22.7. The summed E-state index contributed by atoms with van der Waals surface area (Å²) in [5.74, 6) is 1.10. The average molecular weight is 592 g/mol. The van der Waals surface area contributed by atoms with E-state index in [1.807, 2.05) is 48.5 Å². The maximum absolute atomic E-state index is 13.1. The molecule has 1 atom stereocenters. The summed E-state index contributed by atoms with van der Waals surface area (Å²) in [4.78, 5) is 23.2. The number of carbonyl (C=O) groups excluding carboxylic acids is 1. The third-order valence-electron chi connectivity index (χ3n) is 6.13. The number of hydrogen-bond donors (Lipinski definition) is 0. The molecule has 2 heterocycles. The van der Waals surface area contributed by atoms with Gasteiger partial charge < -0.3 is 23.8 Å². The molecule has 2 aromatic carbocycles. The van der Waals surface area contributed by atoms with E-state index in [1.165, 1.54) is 12.2 Å².